The second-order valence-electron chi connectivity index (χ2n) is 7.25. The number of hydrogen-bond acceptors (Lipinski definition) is 7. The highest BCUT2D eigenvalue weighted by Gasteiger charge is 2.28. The summed E-state index contributed by atoms with van der Waals surface area (Å²) in [4.78, 5) is 12.0. The molecule has 0 amide bonds. The van der Waals surface area contributed by atoms with Crippen molar-refractivity contribution in [1.82, 2.24) is 20.0 Å². The topological polar surface area (TPSA) is 64.3 Å². The first kappa shape index (κ1) is 18.3. The van der Waals surface area contributed by atoms with E-state index in [0.717, 1.165) is 29.8 Å². The zero-order chi connectivity index (χ0) is 19.6. The van der Waals surface area contributed by atoms with Crippen LogP contribution in [0.15, 0.2) is 53.1 Å². The number of thiazole rings is 1. The van der Waals surface area contributed by atoms with Crippen molar-refractivity contribution in [3.63, 3.8) is 0 Å². The molecule has 0 saturated carbocycles. The molecule has 1 fully saturated rings. The zero-order valence-electron chi connectivity index (χ0n) is 16.2. The van der Waals surface area contributed by atoms with E-state index < -0.39 is 0 Å². The lowest BCUT2D eigenvalue weighted by molar-refractivity contribution is 0.135. The Labute approximate surface area is 173 Å². The van der Waals surface area contributed by atoms with Crippen molar-refractivity contribution in [1.29, 1.82) is 0 Å². The smallest absolute Gasteiger partial charge is 0.257 e. The molecule has 0 radical (unpaired) electrons. The van der Waals surface area contributed by atoms with E-state index in [0.29, 0.717) is 24.3 Å². The Kier molecular flexibility index (Phi) is 4.99. The van der Waals surface area contributed by atoms with Gasteiger partial charge in [-0.2, -0.15) is 4.98 Å². The van der Waals surface area contributed by atoms with Crippen LogP contribution in [-0.4, -0.2) is 33.7 Å². The van der Waals surface area contributed by atoms with E-state index in [4.69, 9.17) is 14.2 Å². The molecule has 0 aliphatic carbocycles. The number of rotatable bonds is 5. The fourth-order valence-corrected chi connectivity index (χ4v) is 4.98. The number of piperidine rings is 1. The van der Waals surface area contributed by atoms with Crippen molar-refractivity contribution < 1.29 is 9.26 Å². The molecule has 1 unspecified atom stereocenters. The van der Waals surface area contributed by atoms with Crippen LogP contribution in [0, 0.1) is 0 Å². The molecule has 5 rings (SSSR count). The number of hydrogen-bond donors (Lipinski definition) is 0. The van der Waals surface area contributed by atoms with Gasteiger partial charge >= 0.3 is 0 Å². The molecule has 2 aromatic heterocycles. The average Bonchev–Trinajstić information content (AvgIpc) is 3.41. The summed E-state index contributed by atoms with van der Waals surface area (Å²) in [6.07, 6.45) is 3.52. The average molecular weight is 407 g/mol. The lowest BCUT2D eigenvalue weighted by Gasteiger charge is -2.33. The lowest BCUT2D eigenvalue weighted by Crippen LogP contribution is -2.33. The van der Waals surface area contributed by atoms with E-state index in [2.05, 4.69) is 33.2 Å². The molecule has 148 valence electrons. The van der Waals surface area contributed by atoms with Crippen molar-refractivity contribution in [2.75, 3.05) is 13.7 Å². The van der Waals surface area contributed by atoms with Gasteiger partial charge in [0.2, 0.25) is 0 Å². The maximum absolute atomic E-state index is 5.51. The molecule has 6 nitrogen and oxygen atoms in total. The minimum Gasteiger partial charge on any atom is -0.497 e. The van der Waals surface area contributed by atoms with Crippen molar-refractivity contribution in [2.45, 2.75) is 31.8 Å². The molecule has 3 heterocycles. The Bertz CT molecular complexity index is 1070. The van der Waals surface area contributed by atoms with Crippen LogP contribution in [0.5, 0.6) is 5.75 Å². The molecule has 29 heavy (non-hydrogen) atoms. The van der Waals surface area contributed by atoms with Crippen LogP contribution in [-0.2, 0) is 6.54 Å². The Morgan fingerprint density at radius 2 is 1.97 bits per heavy atom. The predicted octanol–water partition coefficient (Wildman–Crippen LogP) is 5.08. The van der Waals surface area contributed by atoms with Gasteiger partial charge < -0.3 is 9.26 Å². The summed E-state index contributed by atoms with van der Waals surface area (Å²) in [6.45, 7) is 1.69. The Morgan fingerprint density at radius 1 is 1.10 bits per heavy atom. The molecule has 1 atom stereocenters. The Hall–Kier alpha value is -2.77. The number of likely N-dealkylation sites (tertiary alicyclic amines) is 1. The van der Waals surface area contributed by atoms with Gasteiger partial charge in [-0.1, -0.05) is 23.7 Å². The highest BCUT2D eigenvalue weighted by atomic mass is 32.1. The standard InChI is InChI=1S/C22H22N4O2S/c1-27-16-11-9-15(10-12-16)21-24-20(25-28-21)14-26-13-5-4-7-18(26)22-23-17-6-2-3-8-19(17)29-22/h2-3,6,8-12,18H,4-5,7,13-14H2,1H3. The molecule has 4 aromatic rings. The highest BCUT2D eigenvalue weighted by Crippen LogP contribution is 2.36. The minimum absolute atomic E-state index is 0.309. The first-order valence-corrected chi connectivity index (χ1v) is 10.7. The molecule has 2 aromatic carbocycles. The molecule has 0 spiro atoms. The van der Waals surface area contributed by atoms with Crippen LogP contribution in [0.4, 0.5) is 0 Å². The lowest BCUT2D eigenvalue weighted by atomic mass is 10.0. The fraction of sp³-hybridized carbons (Fsp3) is 0.318. The van der Waals surface area contributed by atoms with Crippen LogP contribution in [0.25, 0.3) is 21.7 Å². The summed E-state index contributed by atoms with van der Waals surface area (Å²) in [6, 6.07) is 16.3. The SMILES string of the molecule is COc1ccc(-c2nc(CN3CCCCC3c3nc4ccccc4s3)no2)cc1. The van der Waals surface area contributed by atoms with Gasteiger partial charge in [0, 0.05) is 5.56 Å². The van der Waals surface area contributed by atoms with Gasteiger partial charge in [-0.3, -0.25) is 4.90 Å². The van der Waals surface area contributed by atoms with E-state index in [-0.39, 0.29) is 0 Å². The Balaban J connectivity index is 1.36. The number of aromatic nitrogens is 3. The summed E-state index contributed by atoms with van der Waals surface area (Å²) < 4.78 is 12.0. The number of para-hydroxylation sites is 1. The van der Waals surface area contributed by atoms with E-state index in [1.807, 2.05) is 30.3 Å². The maximum atomic E-state index is 5.51. The second-order valence-corrected chi connectivity index (χ2v) is 8.31. The molecule has 0 N–H and O–H groups in total. The molecule has 1 saturated heterocycles. The van der Waals surface area contributed by atoms with Crippen molar-refractivity contribution in [2.24, 2.45) is 0 Å². The van der Waals surface area contributed by atoms with Gasteiger partial charge in [-0.25, -0.2) is 4.98 Å². The van der Waals surface area contributed by atoms with E-state index in [1.54, 1.807) is 18.4 Å². The molecule has 0 bridgehead atoms. The number of methoxy groups -OCH3 is 1. The maximum Gasteiger partial charge on any atom is 0.257 e. The van der Waals surface area contributed by atoms with Crippen LogP contribution in [0.1, 0.15) is 36.1 Å². The number of nitrogens with zero attached hydrogens (tertiary/aromatic N) is 4. The van der Waals surface area contributed by atoms with Crippen LogP contribution in [0.3, 0.4) is 0 Å². The second kappa shape index (κ2) is 7.93. The number of ether oxygens (including phenoxy) is 1. The normalized spacial score (nSPS) is 17.6. The fourth-order valence-electron chi connectivity index (χ4n) is 3.84. The quantitative estimate of drug-likeness (QED) is 0.460. The molecular formula is C22H22N4O2S. The van der Waals surface area contributed by atoms with E-state index in [1.165, 1.54) is 22.5 Å². The van der Waals surface area contributed by atoms with Crippen molar-refractivity contribution in [3.05, 3.63) is 59.4 Å². The third-order valence-corrected chi connectivity index (χ3v) is 6.50. The minimum atomic E-state index is 0.309. The van der Waals surface area contributed by atoms with Gasteiger partial charge in [-0.15, -0.1) is 11.3 Å². The number of fused-ring (bicyclic) bond motifs is 1. The van der Waals surface area contributed by atoms with Gasteiger partial charge in [0.25, 0.3) is 5.89 Å². The van der Waals surface area contributed by atoms with E-state index in [9.17, 15) is 0 Å². The Morgan fingerprint density at radius 3 is 2.79 bits per heavy atom. The summed E-state index contributed by atoms with van der Waals surface area (Å²) in [5.41, 5.74) is 1.98. The summed E-state index contributed by atoms with van der Waals surface area (Å²) in [5.74, 6) is 2.06. The van der Waals surface area contributed by atoms with Crippen LogP contribution >= 0.6 is 11.3 Å². The molecule has 1 aliphatic heterocycles. The van der Waals surface area contributed by atoms with E-state index >= 15 is 0 Å². The monoisotopic (exact) mass is 406 g/mol. The third kappa shape index (κ3) is 3.75. The van der Waals surface area contributed by atoms with Gasteiger partial charge in [0.15, 0.2) is 5.82 Å². The van der Waals surface area contributed by atoms with Crippen LogP contribution < -0.4 is 4.74 Å². The van der Waals surface area contributed by atoms with Gasteiger partial charge in [-0.05, 0) is 55.8 Å². The number of benzene rings is 2. The highest BCUT2D eigenvalue weighted by molar-refractivity contribution is 7.18. The van der Waals surface area contributed by atoms with Gasteiger partial charge in [0.1, 0.15) is 10.8 Å². The third-order valence-electron chi connectivity index (χ3n) is 5.36. The zero-order valence-corrected chi connectivity index (χ0v) is 17.1. The van der Waals surface area contributed by atoms with Crippen LogP contribution in [0.2, 0.25) is 0 Å². The van der Waals surface area contributed by atoms with Crippen molar-refractivity contribution in [3.8, 4) is 17.2 Å². The molecular weight excluding hydrogens is 384 g/mol. The molecule has 7 heteroatoms. The van der Waals surface area contributed by atoms with Crippen molar-refractivity contribution >= 4 is 21.6 Å². The summed E-state index contributed by atoms with van der Waals surface area (Å²) in [5, 5.41) is 5.41. The summed E-state index contributed by atoms with van der Waals surface area (Å²) >= 11 is 1.79. The first-order chi connectivity index (χ1) is 14.3. The van der Waals surface area contributed by atoms with Gasteiger partial charge in [0.05, 0.1) is 29.9 Å². The predicted molar refractivity (Wildman–Crippen MR) is 113 cm³/mol. The largest absolute Gasteiger partial charge is 0.497 e. The summed E-state index contributed by atoms with van der Waals surface area (Å²) in [7, 11) is 1.65. The first-order valence-electron chi connectivity index (χ1n) is 9.87. The molecule has 1 aliphatic rings.